The largest absolute Gasteiger partial charge is 0.496 e. The van der Waals surface area contributed by atoms with Crippen LogP contribution in [0, 0.1) is 6.92 Å². The van der Waals surface area contributed by atoms with E-state index in [1.165, 1.54) is 11.1 Å². The number of nitrogens with one attached hydrogen (secondary N) is 1. The monoisotopic (exact) mass is 256 g/mol. The first-order valence-electron chi connectivity index (χ1n) is 6.54. The Hall–Kier alpha value is -1.87. The van der Waals surface area contributed by atoms with Crippen molar-refractivity contribution in [2.45, 2.75) is 19.9 Å². The zero-order valence-corrected chi connectivity index (χ0v) is 11.5. The molecule has 2 aromatic rings. The van der Waals surface area contributed by atoms with E-state index in [0.717, 1.165) is 31.0 Å². The third kappa shape index (κ3) is 4.07. The molecule has 3 heteroatoms. The third-order valence-corrected chi connectivity index (χ3v) is 3.07. The summed E-state index contributed by atoms with van der Waals surface area (Å²) in [6.07, 6.45) is 2.79. The number of aryl methyl sites for hydroxylation is 1. The van der Waals surface area contributed by atoms with Crippen LogP contribution in [0.15, 0.2) is 42.6 Å². The Morgan fingerprint density at radius 3 is 2.79 bits per heavy atom. The summed E-state index contributed by atoms with van der Waals surface area (Å²) in [6, 6.07) is 12.3. The molecule has 0 amide bonds. The van der Waals surface area contributed by atoms with Crippen molar-refractivity contribution >= 4 is 0 Å². The van der Waals surface area contributed by atoms with E-state index in [1.807, 2.05) is 24.4 Å². The fourth-order valence-electron chi connectivity index (χ4n) is 2.05. The Morgan fingerprint density at radius 2 is 2.11 bits per heavy atom. The molecule has 2 rings (SSSR count). The van der Waals surface area contributed by atoms with Crippen LogP contribution in [0.4, 0.5) is 0 Å². The van der Waals surface area contributed by atoms with Crippen LogP contribution >= 0.6 is 0 Å². The van der Waals surface area contributed by atoms with Crippen molar-refractivity contribution in [2.24, 2.45) is 0 Å². The highest BCUT2D eigenvalue weighted by atomic mass is 16.5. The quantitative estimate of drug-likeness (QED) is 0.807. The number of ether oxygens (including phenoxy) is 1. The molecule has 0 aliphatic rings. The molecule has 0 unspecified atom stereocenters. The summed E-state index contributed by atoms with van der Waals surface area (Å²) >= 11 is 0. The highest BCUT2D eigenvalue weighted by Crippen LogP contribution is 2.18. The summed E-state index contributed by atoms with van der Waals surface area (Å²) in [7, 11) is 1.70. The Labute approximate surface area is 114 Å². The maximum absolute atomic E-state index is 5.25. The van der Waals surface area contributed by atoms with Gasteiger partial charge in [-0.3, -0.25) is 4.98 Å². The number of rotatable bonds is 6. The van der Waals surface area contributed by atoms with E-state index in [4.69, 9.17) is 4.74 Å². The van der Waals surface area contributed by atoms with Gasteiger partial charge in [-0.2, -0.15) is 0 Å². The van der Waals surface area contributed by atoms with Crippen LogP contribution in [-0.4, -0.2) is 18.6 Å². The molecule has 0 atom stereocenters. The van der Waals surface area contributed by atoms with Crippen LogP contribution in [0.25, 0.3) is 0 Å². The van der Waals surface area contributed by atoms with Gasteiger partial charge in [0.2, 0.25) is 0 Å². The Kier molecular flexibility index (Phi) is 4.93. The Bertz CT molecular complexity index is 511. The lowest BCUT2D eigenvalue weighted by molar-refractivity contribution is 0.411. The van der Waals surface area contributed by atoms with Crippen LogP contribution < -0.4 is 10.1 Å². The smallest absolute Gasteiger partial charge is 0.121 e. The van der Waals surface area contributed by atoms with E-state index in [0.29, 0.717) is 0 Å². The molecule has 0 saturated carbocycles. The molecule has 0 fully saturated rings. The topological polar surface area (TPSA) is 34.1 Å². The first-order valence-corrected chi connectivity index (χ1v) is 6.54. The second-order valence-corrected chi connectivity index (χ2v) is 4.55. The van der Waals surface area contributed by atoms with Gasteiger partial charge in [0, 0.05) is 31.4 Å². The number of hydrogen-bond donors (Lipinski definition) is 1. The number of hydrogen-bond acceptors (Lipinski definition) is 3. The van der Waals surface area contributed by atoms with Crippen LogP contribution in [-0.2, 0) is 13.0 Å². The predicted octanol–water partition coefficient (Wildman–Crippen LogP) is 2.73. The van der Waals surface area contributed by atoms with Crippen molar-refractivity contribution in [3.05, 3.63) is 59.4 Å². The molecular formula is C16H20N2O. The van der Waals surface area contributed by atoms with Crippen molar-refractivity contribution in [1.82, 2.24) is 10.3 Å². The lowest BCUT2D eigenvalue weighted by Gasteiger charge is -2.08. The standard InChI is InChI=1S/C16H20N2O/c1-13-11-14(6-7-16(13)19-2)12-17-10-8-15-5-3-4-9-18-15/h3-7,9,11,17H,8,10,12H2,1-2H3. The van der Waals surface area contributed by atoms with Gasteiger partial charge in [-0.05, 0) is 36.2 Å². The van der Waals surface area contributed by atoms with Gasteiger partial charge in [0.1, 0.15) is 5.75 Å². The zero-order valence-electron chi connectivity index (χ0n) is 11.5. The number of nitrogens with zero attached hydrogens (tertiary/aromatic N) is 1. The summed E-state index contributed by atoms with van der Waals surface area (Å²) < 4.78 is 5.25. The normalized spacial score (nSPS) is 10.4. The minimum absolute atomic E-state index is 0.873. The fourth-order valence-corrected chi connectivity index (χ4v) is 2.05. The van der Waals surface area contributed by atoms with E-state index in [9.17, 15) is 0 Å². The van der Waals surface area contributed by atoms with Gasteiger partial charge in [-0.15, -0.1) is 0 Å². The van der Waals surface area contributed by atoms with Crippen molar-refractivity contribution in [1.29, 1.82) is 0 Å². The third-order valence-electron chi connectivity index (χ3n) is 3.07. The minimum atomic E-state index is 0.873. The first-order chi connectivity index (χ1) is 9.29. The molecule has 1 aromatic heterocycles. The number of benzene rings is 1. The summed E-state index contributed by atoms with van der Waals surface area (Å²) in [5.41, 5.74) is 3.58. The van der Waals surface area contributed by atoms with Gasteiger partial charge < -0.3 is 10.1 Å². The summed E-state index contributed by atoms with van der Waals surface area (Å²) in [6.45, 7) is 3.87. The molecule has 0 spiro atoms. The SMILES string of the molecule is COc1ccc(CNCCc2ccccn2)cc1C. The maximum atomic E-state index is 5.25. The lowest BCUT2D eigenvalue weighted by atomic mass is 10.1. The van der Waals surface area contributed by atoms with Crippen LogP contribution in [0.5, 0.6) is 5.75 Å². The molecule has 0 saturated heterocycles. The molecule has 100 valence electrons. The number of aromatic nitrogens is 1. The average Bonchev–Trinajstić information content (AvgIpc) is 2.45. The van der Waals surface area contributed by atoms with E-state index in [-0.39, 0.29) is 0 Å². The van der Waals surface area contributed by atoms with Gasteiger partial charge in [0.05, 0.1) is 7.11 Å². The van der Waals surface area contributed by atoms with Gasteiger partial charge >= 0.3 is 0 Å². The molecule has 0 aliphatic heterocycles. The Balaban J connectivity index is 1.78. The van der Waals surface area contributed by atoms with Crippen LogP contribution in [0.1, 0.15) is 16.8 Å². The number of methoxy groups -OCH3 is 1. The fraction of sp³-hybridized carbons (Fsp3) is 0.312. The van der Waals surface area contributed by atoms with Crippen LogP contribution in [0.2, 0.25) is 0 Å². The minimum Gasteiger partial charge on any atom is -0.496 e. The Morgan fingerprint density at radius 1 is 1.21 bits per heavy atom. The molecule has 1 heterocycles. The zero-order chi connectivity index (χ0) is 13.5. The molecule has 0 aliphatic carbocycles. The average molecular weight is 256 g/mol. The highest BCUT2D eigenvalue weighted by Gasteiger charge is 2.00. The summed E-state index contributed by atoms with van der Waals surface area (Å²) in [4.78, 5) is 4.30. The van der Waals surface area contributed by atoms with Gasteiger partial charge in [0.25, 0.3) is 0 Å². The number of pyridine rings is 1. The molecule has 0 radical (unpaired) electrons. The first kappa shape index (κ1) is 13.6. The second kappa shape index (κ2) is 6.90. The molecule has 19 heavy (non-hydrogen) atoms. The molecular weight excluding hydrogens is 236 g/mol. The molecule has 1 aromatic carbocycles. The van der Waals surface area contributed by atoms with Gasteiger partial charge in [0.15, 0.2) is 0 Å². The van der Waals surface area contributed by atoms with Crippen molar-refractivity contribution < 1.29 is 4.74 Å². The highest BCUT2D eigenvalue weighted by molar-refractivity contribution is 5.36. The molecule has 0 bridgehead atoms. The van der Waals surface area contributed by atoms with E-state index >= 15 is 0 Å². The van der Waals surface area contributed by atoms with Crippen molar-refractivity contribution in [3.63, 3.8) is 0 Å². The van der Waals surface area contributed by atoms with E-state index in [1.54, 1.807) is 7.11 Å². The van der Waals surface area contributed by atoms with Crippen molar-refractivity contribution in [3.8, 4) is 5.75 Å². The van der Waals surface area contributed by atoms with E-state index < -0.39 is 0 Å². The predicted molar refractivity (Wildman–Crippen MR) is 77.4 cm³/mol. The van der Waals surface area contributed by atoms with Crippen molar-refractivity contribution in [2.75, 3.05) is 13.7 Å². The van der Waals surface area contributed by atoms with Gasteiger partial charge in [-0.1, -0.05) is 18.2 Å². The van der Waals surface area contributed by atoms with Crippen LogP contribution in [0.3, 0.4) is 0 Å². The second-order valence-electron chi connectivity index (χ2n) is 4.55. The van der Waals surface area contributed by atoms with E-state index in [2.05, 4.69) is 35.4 Å². The summed E-state index contributed by atoms with van der Waals surface area (Å²) in [5.74, 6) is 0.942. The molecule has 3 nitrogen and oxygen atoms in total. The summed E-state index contributed by atoms with van der Waals surface area (Å²) in [5, 5.41) is 3.43. The lowest BCUT2D eigenvalue weighted by Crippen LogP contribution is -2.17. The van der Waals surface area contributed by atoms with Gasteiger partial charge in [-0.25, -0.2) is 0 Å². The molecule has 1 N–H and O–H groups in total. The maximum Gasteiger partial charge on any atom is 0.121 e.